The van der Waals surface area contributed by atoms with Gasteiger partial charge in [0, 0.05) is 26.5 Å². The Balaban J connectivity index is 1.61. The lowest BCUT2D eigenvalue weighted by Gasteiger charge is -2.53. The van der Waals surface area contributed by atoms with Crippen LogP contribution in [0.2, 0.25) is 5.02 Å². The highest BCUT2D eigenvalue weighted by Crippen LogP contribution is 2.65. The third-order valence-corrected chi connectivity index (χ3v) is 8.28. The van der Waals surface area contributed by atoms with Crippen LogP contribution in [0.5, 0.6) is 11.5 Å². The van der Waals surface area contributed by atoms with Crippen molar-refractivity contribution in [2.75, 3.05) is 12.1 Å². The zero-order valence-corrected chi connectivity index (χ0v) is 17.6. The summed E-state index contributed by atoms with van der Waals surface area (Å²) in [5, 5.41) is 14.1. The number of benzene rings is 2. The maximum atomic E-state index is 12.3. The van der Waals surface area contributed by atoms with Crippen LogP contribution in [0.25, 0.3) is 6.08 Å². The van der Waals surface area contributed by atoms with E-state index in [1.54, 1.807) is 0 Å². The van der Waals surface area contributed by atoms with Gasteiger partial charge in [-0.25, -0.2) is 4.79 Å². The second-order valence-corrected chi connectivity index (χ2v) is 9.49. The number of allylic oxidation sites excluding steroid dienone is 1. The molecule has 2 aromatic carbocycles. The second-order valence-electron chi connectivity index (χ2n) is 8.23. The fraction of sp³-hybridized carbons (Fsp3) is 0.318. The van der Waals surface area contributed by atoms with Crippen LogP contribution in [0.1, 0.15) is 41.9 Å². The van der Waals surface area contributed by atoms with Gasteiger partial charge in [-0.3, -0.25) is 0 Å². The highest BCUT2D eigenvalue weighted by Gasteiger charge is 2.60. The number of carbonyl (C=O) groups is 1. The van der Waals surface area contributed by atoms with Gasteiger partial charge in [-0.1, -0.05) is 33.6 Å². The molecule has 2 aromatic rings. The van der Waals surface area contributed by atoms with Crippen LogP contribution in [0, 0.1) is 0 Å². The predicted molar refractivity (Wildman–Crippen MR) is 113 cm³/mol. The van der Waals surface area contributed by atoms with E-state index in [0.29, 0.717) is 24.3 Å². The first kappa shape index (κ1) is 17.7. The van der Waals surface area contributed by atoms with Crippen molar-refractivity contribution in [1.82, 2.24) is 0 Å². The lowest BCUT2D eigenvalue weighted by Crippen LogP contribution is -2.57. The molecule has 4 aliphatic rings. The number of fused-ring (bicyclic) bond motifs is 8. The van der Waals surface area contributed by atoms with Gasteiger partial charge in [-0.2, -0.15) is 0 Å². The highest BCUT2D eigenvalue weighted by molar-refractivity contribution is 9.11. The van der Waals surface area contributed by atoms with Crippen molar-refractivity contribution in [3.8, 4) is 11.5 Å². The Labute approximate surface area is 180 Å². The minimum Gasteiger partial charge on any atom is -0.480 e. The lowest BCUT2D eigenvalue weighted by molar-refractivity contribution is -0.144. The van der Waals surface area contributed by atoms with E-state index in [2.05, 4.69) is 33.4 Å². The number of halogens is 2. The molecule has 2 N–H and O–H groups in total. The molecule has 2 aliphatic carbocycles. The van der Waals surface area contributed by atoms with Gasteiger partial charge in [-0.15, -0.1) is 0 Å². The van der Waals surface area contributed by atoms with Crippen molar-refractivity contribution in [3.05, 3.63) is 56.5 Å². The number of hydrogen-bond donors (Lipinski definition) is 2. The van der Waals surface area contributed by atoms with Crippen molar-refractivity contribution < 1.29 is 19.4 Å². The van der Waals surface area contributed by atoms with Crippen LogP contribution in [-0.4, -0.2) is 23.4 Å². The largest absolute Gasteiger partial charge is 0.480 e. The van der Waals surface area contributed by atoms with Gasteiger partial charge >= 0.3 is 5.97 Å². The summed E-state index contributed by atoms with van der Waals surface area (Å²) in [7, 11) is 0. The molecule has 148 valence electrons. The molecule has 0 radical (unpaired) electrons. The molecule has 29 heavy (non-hydrogen) atoms. The Hall–Kier alpha value is -2.18. The number of carboxylic acids is 1. The molecule has 5 nitrogen and oxygen atoms in total. The van der Waals surface area contributed by atoms with E-state index < -0.39 is 11.5 Å². The van der Waals surface area contributed by atoms with Crippen molar-refractivity contribution >= 4 is 45.3 Å². The minimum atomic E-state index is -0.986. The maximum Gasteiger partial charge on any atom is 0.329 e. The summed E-state index contributed by atoms with van der Waals surface area (Å²) in [5.74, 6) is 0.593. The molecule has 1 fully saturated rings. The second kappa shape index (κ2) is 5.70. The molecule has 1 spiro atoms. The fourth-order valence-corrected chi connectivity index (χ4v) is 6.88. The summed E-state index contributed by atoms with van der Waals surface area (Å²) >= 11 is 10.5. The standard InChI is InChI=1S/C22H17BrClNO4/c23-18-7-11-6-16-17(29-10-28-16)8-12(11)22(18)5-4-21(20(26)27)9-13(22)19-14(24)2-1-3-15(19)25-21/h1-3,6-8,13,25H,4-5,9-10H2,(H,26,27)/t13?,21-,22-/m1/s1. The molecule has 0 amide bonds. The summed E-state index contributed by atoms with van der Waals surface area (Å²) in [5.41, 5.74) is 2.66. The first-order chi connectivity index (χ1) is 13.9. The smallest absolute Gasteiger partial charge is 0.329 e. The number of carboxylic acid groups (broad SMARTS) is 1. The summed E-state index contributed by atoms with van der Waals surface area (Å²) in [6.45, 7) is 0.222. The Morgan fingerprint density at radius 2 is 2.03 bits per heavy atom. The van der Waals surface area contributed by atoms with Gasteiger partial charge < -0.3 is 19.9 Å². The van der Waals surface area contributed by atoms with Crippen molar-refractivity contribution in [2.24, 2.45) is 0 Å². The SMILES string of the molecule is O=C(O)[C@@]12CC[C@]3(C(Br)=Cc4cc5c(cc43)OCO5)C(C1)c1c(Cl)cccc1N2. The average Bonchev–Trinajstić information content (AvgIpc) is 3.25. The molecule has 1 unspecified atom stereocenters. The number of ether oxygens (including phenoxy) is 2. The van der Waals surface area contributed by atoms with E-state index in [0.717, 1.165) is 38.4 Å². The molecular formula is C22H17BrClNO4. The fourth-order valence-electron chi connectivity index (χ4n) is 5.64. The van der Waals surface area contributed by atoms with Gasteiger partial charge in [0.25, 0.3) is 0 Å². The van der Waals surface area contributed by atoms with E-state index in [-0.39, 0.29) is 18.1 Å². The molecule has 0 saturated heterocycles. The number of anilines is 1. The molecule has 1 saturated carbocycles. The first-order valence-corrected chi connectivity index (χ1v) is 10.7. The van der Waals surface area contributed by atoms with Crippen molar-refractivity contribution in [3.63, 3.8) is 0 Å². The molecule has 2 bridgehead atoms. The Bertz CT molecular complexity index is 1130. The molecule has 7 heteroatoms. The summed E-state index contributed by atoms with van der Waals surface area (Å²) in [6.07, 6.45) is 3.80. The molecule has 0 aromatic heterocycles. The zero-order valence-electron chi connectivity index (χ0n) is 15.3. The zero-order chi connectivity index (χ0) is 20.0. The molecule has 3 atom stereocenters. The molecule has 6 rings (SSSR count). The van der Waals surface area contributed by atoms with Crippen LogP contribution in [0.4, 0.5) is 5.69 Å². The van der Waals surface area contributed by atoms with Crippen LogP contribution in [-0.2, 0) is 10.2 Å². The highest BCUT2D eigenvalue weighted by atomic mass is 79.9. The van der Waals surface area contributed by atoms with Gasteiger partial charge in [-0.05, 0) is 66.3 Å². The molecule has 2 heterocycles. The molecular weight excluding hydrogens is 458 g/mol. The van der Waals surface area contributed by atoms with Crippen molar-refractivity contribution in [2.45, 2.75) is 36.1 Å². The van der Waals surface area contributed by atoms with Gasteiger partial charge in [0.05, 0.1) is 0 Å². The third-order valence-electron chi connectivity index (χ3n) is 7.01. The molecule has 2 aliphatic heterocycles. The normalized spacial score (nSPS) is 30.4. The number of rotatable bonds is 1. The average molecular weight is 475 g/mol. The van der Waals surface area contributed by atoms with E-state index in [1.807, 2.05) is 24.3 Å². The first-order valence-electron chi connectivity index (χ1n) is 9.56. The van der Waals surface area contributed by atoms with Crippen LogP contribution >= 0.6 is 27.5 Å². The number of hydrogen-bond acceptors (Lipinski definition) is 4. The summed E-state index contributed by atoms with van der Waals surface area (Å²) < 4.78 is 12.3. The minimum absolute atomic E-state index is 0.0791. The predicted octanol–water partition coefficient (Wildman–Crippen LogP) is 5.27. The van der Waals surface area contributed by atoms with Gasteiger partial charge in [0.15, 0.2) is 11.5 Å². The van der Waals surface area contributed by atoms with E-state index in [4.69, 9.17) is 21.1 Å². The monoisotopic (exact) mass is 473 g/mol. The van der Waals surface area contributed by atoms with Gasteiger partial charge in [0.1, 0.15) is 5.54 Å². The maximum absolute atomic E-state index is 12.3. The van der Waals surface area contributed by atoms with Crippen LogP contribution < -0.4 is 14.8 Å². The van der Waals surface area contributed by atoms with Crippen LogP contribution in [0.3, 0.4) is 0 Å². The Kier molecular flexibility index (Phi) is 3.47. The van der Waals surface area contributed by atoms with E-state index in [9.17, 15) is 9.90 Å². The lowest BCUT2D eigenvalue weighted by atomic mass is 9.55. The Morgan fingerprint density at radius 3 is 2.83 bits per heavy atom. The summed E-state index contributed by atoms with van der Waals surface area (Å²) in [4.78, 5) is 12.3. The van der Waals surface area contributed by atoms with Gasteiger partial charge in [0.2, 0.25) is 6.79 Å². The van der Waals surface area contributed by atoms with Crippen molar-refractivity contribution in [1.29, 1.82) is 0 Å². The van der Waals surface area contributed by atoms with E-state index >= 15 is 0 Å². The van der Waals surface area contributed by atoms with Crippen LogP contribution in [0.15, 0.2) is 34.8 Å². The number of aliphatic carboxylic acids is 1. The number of nitrogens with one attached hydrogen (secondary N) is 1. The van der Waals surface area contributed by atoms with E-state index in [1.165, 1.54) is 0 Å². The quantitative estimate of drug-likeness (QED) is 0.589. The summed E-state index contributed by atoms with van der Waals surface area (Å²) in [6, 6.07) is 9.75. The topological polar surface area (TPSA) is 67.8 Å². The Morgan fingerprint density at radius 1 is 1.24 bits per heavy atom. The third kappa shape index (κ3) is 2.14.